The molecule has 0 atom stereocenters. The molecule has 1 N–H and O–H groups in total. The second-order valence-electron chi connectivity index (χ2n) is 3.11. The van der Waals surface area contributed by atoms with Crippen LogP contribution < -0.4 is 10.3 Å². The molecule has 0 saturated heterocycles. The summed E-state index contributed by atoms with van der Waals surface area (Å²) in [4.78, 5) is 0.598. The number of anilines is 1. The topological polar surface area (TPSA) is 53.7 Å². The first-order chi connectivity index (χ1) is 7.31. The van der Waals surface area contributed by atoms with Crippen molar-refractivity contribution in [3.05, 3.63) is 47.4 Å². The van der Waals surface area contributed by atoms with Crippen molar-refractivity contribution in [3.63, 3.8) is 0 Å². The Morgan fingerprint density at radius 3 is 2.62 bits per heavy atom. The lowest BCUT2D eigenvalue weighted by atomic mass is 10.3. The number of hydrogen-bond acceptors (Lipinski definition) is 4. The zero-order chi connectivity index (χ0) is 10.7. The van der Waals surface area contributed by atoms with Crippen molar-refractivity contribution in [1.29, 1.82) is 0 Å². The molecule has 0 aromatic heterocycles. The van der Waals surface area contributed by atoms with Crippen LogP contribution in [0.2, 0.25) is 0 Å². The van der Waals surface area contributed by atoms with Crippen LogP contribution in [0.3, 0.4) is 0 Å². The normalized spacial score (nSPS) is 14.7. The molecule has 0 amide bonds. The number of hydrazine groups is 1. The highest BCUT2D eigenvalue weighted by Gasteiger charge is 2.18. The van der Waals surface area contributed by atoms with Gasteiger partial charge in [0, 0.05) is 12.0 Å². The second kappa shape index (κ2) is 5.37. The highest BCUT2D eigenvalue weighted by molar-refractivity contribution is 5.85. The molecule has 0 saturated carbocycles. The molecule has 5 nitrogen and oxygen atoms in total. The lowest BCUT2D eigenvalue weighted by molar-refractivity contribution is -0.542. The van der Waals surface area contributed by atoms with Gasteiger partial charge in [-0.15, -0.1) is 17.4 Å². The molecule has 1 aromatic rings. The number of nitrogens with zero attached hydrogens (tertiary/aromatic N) is 3. The van der Waals surface area contributed by atoms with Crippen LogP contribution in [0, 0.1) is 5.21 Å². The fourth-order valence-corrected chi connectivity index (χ4v) is 1.39. The molecule has 0 unspecified atom stereocenters. The summed E-state index contributed by atoms with van der Waals surface area (Å²) in [7, 11) is 1.74. The van der Waals surface area contributed by atoms with Gasteiger partial charge in [-0.25, -0.2) is 0 Å². The zero-order valence-electron chi connectivity index (χ0n) is 8.83. The van der Waals surface area contributed by atoms with Crippen molar-refractivity contribution < 1.29 is 4.97 Å². The molecule has 16 heavy (non-hydrogen) atoms. The predicted octanol–water partition coefficient (Wildman–Crippen LogP) is 1.87. The number of hydrogen-bond donors (Lipinski definition) is 1. The lowest BCUT2D eigenvalue weighted by Crippen LogP contribution is -2.34. The van der Waals surface area contributed by atoms with Gasteiger partial charge in [0.2, 0.25) is 0 Å². The van der Waals surface area contributed by atoms with E-state index in [1.807, 2.05) is 36.4 Å². The Bertz CT molecular complexity index is 405. The standard InChI is InChI=1S/C10H12N4O.ClH/c1-11-10-7-8-13(14(15)12-10)9-5-3-2-4-6-9;/h2-7,11H,8H2,1H3;1H. The van der Waals surface area contributed by atoms with Crippen LogP contribution in [-0.4, -0.2) is 18.6 Å². The van der Waals surface area contributed by atoms with E-state index >= 15 is 0 Å². The molecular weight excluding hydrogens is 228 g/mol. The number of halogens is 1. The Hall–Kier alpha value is -1.75. The third-order valence-electron chi connectivity index (χ3n) is 2.17. The molecule has 0 aliphatic carbocycles. The van der Waals surface area contributed by atoms with E-state index < -0.39 is 0 Å². The van der Waals surface area contributed by atoms with Crippen LogP contribution in [0.15, 0.2) is 47.3 Å². The van der Waals surface area contributed by atoms with Crippen molar-refractivity contribution in [2.24, 2.45) is 5.11 Å². The third kappa shape index (κ3) is 2.43. The molecule has 0 bridgehead atoms. The fourth-order valence-electron chi connectivity index (χ4n) is 1.39. The van der Waals surface area contributed by atoms with Gasteiger partial charge in [0.1, 0.15) is 12.2 Å². The molecular formula is C10H13ClN4O. The average Bonchev–Trinajstić information content (AvgIpc) is 2.30. The van der Waals surface area contributed by atoms with Crippen LogP contribution in [0.1, 0.15) is 0 Å². The maximum Gasteiger partial charge on any atom is 0.195 e. The van der Waals surface area contributed by atoms with Gasteiger partial charge in [0.05, 0.1) is 5.11 Å². The van der Waals surface area contributed by atoms with Crippen LogP contribution in [0.25, 0.3) is 0 Å². The maximum absolute atomic E-state index is 11.6. The second-order valence-corrected chi connectivity index (χ2v) is 3.11. The first kappa shape index (κ1) is 12.3. The minimum absolute atomic E-state index is 0. The number of benzene rings is 1. The lowest BCUT2D eigenvalue weighted by Gasteiger charge is -2.20. The van der Waals surface area contributed by atoms with Crippen LogP contribution in [-0.2, 0) is 0 Å². The molecule has 86 valence electrons. The quantitative estimate of drug-likeness (QED) is 0.634. The first-order valence-corrected chi connectivity index (χ1v) is 4.70. The largest absolute Gasteiger partial charge is 0.571 e. The summed E-state index contributed by atoms with van der Waals surface area (Å²) in [5.41, 5.74) is 0.836. The molecule has 1 aliphatic heterocycles. The summed E-state index contributed by atoms with van der Waals surface area (Å²) in [5.74, 6) is 0.595. The molecule has 1 aliphatic rings. The zero-order valence-corrected chi connectivity index (χ0v) is 9.65. The van der Waals surface area contributed by atoms with Gasteiger partial charge in [-0.05, 0) is 18.2 Å². The highest BCUT2D eigenvalue weighted by atomic mass is 35.5. The Morgan fingerprint density at radius 1 is 1.38 bits per heavy atom. The fraction of sp³-hybridized carbons (Fsp3) is 0.200. The SMILES string of the molecule is CNC1=CCN(c2ccccc2)[N+]([O-])=N1.Cl. The molecule has 0 radical (unpaired) electrons. The van der Waals surface area contributed by atoms with Crippen molar-refractivity contribution in [3.8, 4) is 0 Å². The molecule has 1 heterocycles. The van der Waals surface area contributed by atoms with E-state index in [9.17, 15) is 5.21 Å². The summed E-state index contributed by atoms with van der Waals surface area (Å²) in [6, 6.07) is 9.44. The van der Waals surface area contributed by atoms with E-state index in [0.29, 0.717) is 17.3 Å². The minimum Gasteiger partial charge on any atom is -0.571 e. The van der Waals surface area contributed by atoms with Crippen LogP contribution >= 0.6 is 12.4 Å². The van der Waals surface area contributed by atoms with Crippen LogP contribution in [0.4, 0.5) is 5.69 Å². The Balaban J connectivity index is 0.00000128. The molecule has 2 rings (SSSR count). The van der Waals surface area contributed by atoms with Crippen molar-refractivity contribution in [2.45, 2.75) is 0 Å². The summed E-state index contributed by atoms with van der Waals surface area (Å²) in [5, 5.41) is 19.7. The van der Waals surface area contributed by atoms with E-state index in [4.69, 9.17) is 0 Å². The van der Waals surface area contributed by atoms with Crippen molar-refractivity contribution in [2.75, 3.05) is 18.6 Å². The molecule has 0 fully saturated rings. The van der Waals surface area contributed by atoms with Gasteiger partial charge < -0.3 is 10.5 Å². The smallest absolute Gasteiger partial charge is 0.195 e. The predicted molar refractivity (Wildman–Crippen MR) is 64.2 cm³/mol. The monoisotopic (exact) mass is 240 g/mol. The number of rotatable bonds is 2. The Labute approximate surface area is 100 Å². The average molecular weight is 241 g/mol. The van der Waals surface area contributed by atoms with E-state index in [0.717, 1.165) is 5.69 Å². The summed E-state index contributed by atoms with van der Waals surface area (Å²) < 4.78 is 0. The Morgan fingerprint density at radius 2 is 2.06 bits per heavy atom. The van der Waals surface area contributed by atoms with E-state index in [2.05, 4.69) is 10.4 Å². The molecule has 1 aromatic carbocycles. The maximum atomic E-state index is 11.6. The minimum atomic E-state index is 0. The van der Waals surface area contributed by atoms with Crippen molar-refractivity contribution in [1.82, 2.24) is 5.32 Å². The van der Waals surface area contributed by atoms with E-state index in [1.54, 1.807) is 12.1 Å². The van der Waals surface area contributed by atoms with Gasteiger partial charge in [0.15, 0.2) is 5.82 Å². The summed E-state index contributed by atoms with van der Waals surface area (Å²) in [6.45, 7) is 0.521. The number of nitrogens with one attached hydrogen (secondary N) is 1. The van der Waals surface area contributed by atoms with E-state index in [-0.39, 0.29) is 12.4 Å². The van der Waals surface area contributed by atoms with E-state index in [1.165, 1.54) is 0 Å². The number of para-hydroxylation sites is 1. The summed E-state index contributed by atoms with van der Waals surface area (Å²) in [6.07, 6.45) is 1.86. The molecule has 0 spiro atoms. The van der Waals surface area contributed by atoms with Gasteiger partial charge in [-0.1, -0.05) is 18.2 Å². The van der Waals surface area contributed by atoms with Gasteiger partial charge in [0.25, 0.3) is 0 Å². The van der Waals surface area contributed by atoms with Gasteiger partial charge in [-0.3, -0.25) is 0 Å². The van der Waals surface area contributed by atoms with Gasteiger partial charge in [-0.2, -0.15) is 0 Å². The Kier molecular flexibility index (Phi) is 4.13. The summed E-state index contributed by atoms with van der Waals surface area (Å²) >= 11 is 0. The van der Waals surface area contributed by atoms with Gasteiger partial charge >= 0.3 is 0 Å². The first-order valence-electron chi connectivity index (χ1n) is 4.70. The molecule has 6 heteroatoms. The van der Waals surface area contributed by atoms with Crippen molar-refractivity contribution >= 4 is 18.1 Å². The third-order valence-corrected chi connectivity index (χ3v) is 2.17. The van der Waals surface area contributed by atoms with Crippen LogP contribution in [0.5, 0.6) is 0 Å². The highest BCUT2D eigenvalue weighted by Crippen LogP contribution is 2.16.